The second-order valence-corrected chi connectivity index (χ2v) is 4.19. The van der Waals surface area contributed by atoms with Crippen LogP contribution < -0.4 is 5.32 Å². The van der Waals surface area contributed by atoms with E-state index in [-0.39, 0.29) is 6.04 Å². The number of hydrogen-bond donors (Lipinski definition) is 1. The van der Waals surface area contributed by atoms with Gasteiger partial charge in [-0.15, -0.1) is 0 Å². The Kier molecular flexibility index (Phi) is 4.61. The van der Waals surface area contributed by atoms with E-state index in [1.54, 1.807) is 0 Å². The molecule has 1 aromatic carbocycles. The van der Waals surface area contributed by atoms with E-state index in [9.17, 15) is 0 Å². The first-order valence-electron chi connectivity index (χ1n) is 5.01. The Labute approximate surface area is 95.9 Å². The van der Waals surface area contributed by atoms with E-state index >= 15 is 0 Å². The lowest BCUT2D eigenvalue weighted by molar-refractivity contribution is 0.431. The van der Waals surface area contributed by atoms with Crippen LogP contribution in [-0.4, -0.2) is 6.54 Å². The largest absolute Gasteiger partial charge is 0.297 e. The van der Waals surface area contributed by atoms with Gasteiger partial charge in [-0.1, -0.05) is 43.6 Å². The third-order valence-electron chi connectivity index (χ3n) is 2.31. The molecule has 0 fully saturated rings. The second kappa shape index (κ2) is 5.75. The molecule has 0 bridgehead atoms. The summed E-state index contributed by atoms with van der Waals surface area (Å²) in [4.78, 5) is 0. The van der Waals surface area contributed by atoms with Gasteiger partial charge in [0.2, 0.25) is 0 Å². The SMILES string of the molecule is CC(C)[C@@H](NCC#N)c1ccccc1Cl. The lowest BCUT2D eigenvalue weighted by atomic mass is 9.96. The zero-order valence-electron chi connectivity index (χ0n) is 9.00. The van der Waals surface area contributed by atoms with E-state index in [0.717, 1.165) is 10.6 Å². The Hall–Kier alpha value is -1.04. The Balaban J connectivity index is 2.90. The lowest BCUT2D eigenvalue weighted by Crippen LogP contribution is -2.26. The molecule has 0 spiro atoms. The molecule has 0 amide bonds. The van der Waals surface area contributed by atoms with Crippen molar-refractivity contribution in [1.29, 1.82) is 5.26 Å². The maximum absolute atomic E-state index is 8.57. The highest BCUT2D eigenvalue weighted by Crippen LogP contribution is 2.27. The maximum Gasteiger partial charge on any atom is 0.0845 e. The van der Waals surface area contributed by atoms with Gasteiger partial charge in [0.05, 0.1) is 12.6 Å². The van der Waals surface area contributed by atoms with Gasteiger partial charge in [-0.25, -0.2) is 0 Å². The number of hydrogen-bond acceptors (Lipinski definition) is 2. The van der Waals surface area contributed by atoms with Gasteiger partial charge in [-0.3, -0.25) is 5.32 Å². The van der Waals surface area contributed by atoms with Crippen LogP contribution in [-0.2, 0) is 0 Å². The average molecular weight is 223 g/mol. The van der Waals surface area contributed by atoms with Crippen molar-refractivity contribution in [2.75, 3.05) is 6.54 Å². The summed E-state index contributed by atoms with van der Waals surface area (Å²) in [5.41, 5.74) is 1.06. The Bertz CT molecular complexity index is 355. The summed E-state index contributed by atoms with van der Waals surface area (Å²) in [5.74, 6) is 0.401. The molecule has 0 radical (unpaired) electrons. The van der Waals surface area contributed by atoms with Crippen LogP contribution in [0, 0.1) is 17.2 Å². The van der Waals surface area contributed by atoms with Crippen LogP contribution >= 0.6 is 11.6 Å². The molecule has 0 heterocycles. The summed E-state index contributed by atoms with van der Waals surface area (Å²) in [5, 5.41) is 12.5. The van der Waals surface area contributed by atoms with E-state index in [1.165, 1.54) is 0 Å². The third kappa shape index (κ3) is 3.23. The number of nitriles is 1. The summed E-state index contributed by atoms with van der Waals surface area (Å²) < 4.78 is 0. The van der Waals surface area contributed by atoms with Crippen LogP contribution in [0.2, 0.25) is 5.02 Å². The van der Waals surface area contributed by atoms with Crippen LogP contribution in [0.3, 0.4) is 0 Å². The molecule has 2 nitrogen and oxygen atoms in total. The lowest BCUT2D eigenvalue weighted by Gasteiger charge is -2.22. The molecule has 1 rings (SSSR count). The fourth-order valence-corrected chi connectivity index (χ4v) is 1.84. The van der Waals surface area contributed by atoms with Crippen LogP contribution in [0.4, 0.5) is 0 Å². The van der Waals surface area contributed by atoms with Crippen LogP contribution in [0.5, 0.6) is 0 Å². The third-order valence-corrected chi connectivity index (χ3v) is 2.65. The topological polar surface area (TPSA) is 35.8 Å². The van der Waals surface area contributed by atoms with Crippen molar-refractivity contribution in [3.05, 3.63) is 34.9 Å². The minimum Gasteiger partial charge on any atom is -0.297 e. The van der Waals surface area contributed by atoms with Crippen LogP contribution in [0.1, 0.15) is 25.5 Å². The molecule has 3 heteroatoms. The van der Waals surface area contributed by atoms with Gasteiger partial charge in [0, 0.05) is 11.1 Å². The molecule has 15 heavy (non-hydrogen) atoms. The zero-order valence-corrected chi connectivity index (χ0v) is 9.75. The maximum atomic E-state index is 8.57. The first-order chi connectivity index (χ1) is 7.16. The molecule has 1 aromatic rings. The number of benzene rings is 1. The molecule has 80 valence electrons. The molecule has 0 aromatic heterocycles. The number of rotatable bonds is 4. The normalized spacial score (nSPS) is 12.5. The zero-order chi connectivity index (χ0) is 11.3. The number of halogens is 1. The molecule has 0 aliphatic heterocycles. The Morgan fingerprint density at radius 1 is 1.40 bits per heavy atom. The molecule has 0 aliphatic carbocycles. The smallest absolute Gasteiger partial charge is 0.0845 e. The van der Waals surface area contributed by atoms with Crippen molar-refractivity contribution in [3.8, 4) is 6.07 Å². The van der Waals surface area contributed by atoms with Crippen LogP contribution in [0.25, 0.3) is 0 Å². The average Bonchev–Trinajstić information content (AvgIpc) is 2.20. The van der Waals surface area contributed by atoms with Crippen molar-refractivity contribution in [2.24, 2.45) is 5.92 Å². The van der Waals surface area contributed by atoms with Gasteiger partial charge in [-0.05, 0) is 17.5 Å². The number of nitrogens with one attached hydrogen (secondary N) is 1. The fraction of sp³-hybridized carbons (Fsp3) is 0.417. The van der Waals surface area contributed by atoms with Crippen molar-refractivity contribution < 1.29 is 0 Å². The predicted octanol–water partition coefficient (Wildman–Crippen LogP) is 3.15. The summed E-state index contributed by atoms with van der Waals surface area (Å²) >= 11 is 6.12. The van der Waals surface area contributed by atoms with Gasteiger partial charge < -0.3 is 0 Å². The molecule has 0 saturated carbocycles. The summed E-state index contributed by atoms with van der Waals surface area (Å²) in [6, 6.07) is 9.97. The minimum atomic E-state index is 0.137. The Morgan fingerprint density at radius 3 is 2.60 bits per heavy atom. The molecule has 0 unspecified atom stereocenters. The van der Waals surface area contributed by atoms with Crippen molar-refractivity contribution in [3.63, 3.8) is 0 Å². The Morgan fingerprint density at radius 2 is 2.07 bits per heavy atom. The second-order valence-electron chi connectivity index (χ2n) is 3.78. The summed E-state index contributed by atoms with van der Waals surface area (Å²) in [7, 11) is 0. The van der Waals surface area contributed by atoms with E-state index in [0.29, 0.717) is 12.5 Å². The van der Waals surface area contributed by atoms with Crippen molar-refractivity contribution in [1.82, 2.24) is 5.32 Å². The standard InChI is InChI=1S/C12H15ClN2/c1-9(2)12(15-8-7-14)10-5-3-4-6-11(10)13/h3-6,9,12,15H,8H2,1-2H3/t12-/m1/s1. The van der Waals surface area contributed by atoms with Gasteiger partial charge in [-0.2, -0.15) is 5.26 Å². The van der Waals surface area contributed by atoms with Gasteiger partial charge >= 0.3 is 0 Å². The summed E-state index contributed by atoms with van der Waals surface area (Å²) in [6.07, 6.45) is 0. The van der Waals surface area contributed by atoms with Gasteiger partial charge in [0.15, 0.2) is 0 Å². The minimum absolute atomic E-state index is 0.137. The highest BCUT2D eigenvalue weighted by atomic mass is 35.5. The first-order valence-corrected chi connectivity index (χ1v) is 5.39. The highest BCUT2D eigenvalue weighted by molar-refractivity contribution is 6.31. The molecule has 0 aliphatic rings. The van der Waals surface area contributed by atoms with E-state index in [2.05, 4.69) is 25.2 Å². The summed E-state index contributed by atoms with van der Waals surface area (Å²) in [6.45, 7) is 4.56. The van der Waals surface area contributed by atoms with E-state index < -0.39 is 0 Å². The quantitative estimate of drug-likeness (QED) is 0.795. The van der Waals surface area contributed by atoms with E-state index in [4.69, 9.17) is 16.9 Å². The molecule has 0 saturated heterocycles. The van der Waals surface area contributed by atoms with Gasteiger partial charge in [0.25, 0.3) is 0 Å². The molecular weight excluding hydrogens is 208 g/mol. The van der Waals surface area contributed by atoms with Crippen LogP contribution in [0.15, 0.2) is 24.3 Å². The first kappa shape index (κ1) is 12.0. The van der Waals surface area contributed by atoms with Crippen molar-refractivity contribution in [2.45, 2.75) is 19.9 Å². The highest BCUT2D eigenvalue weighted by Gasteiger charge is 2.16. The fourth-order valence-electron chi connectivity index (χ4n) is 1.59. The molecule has 1 N–H and O–H groups in total. The van der Waals surface area contributed by atoms with Crippen molar-refractivity contribution >= 4 is 11.6 Å². The molecule has 1 atom stereocenters. The molecular formula is C12H15ClN2. The predicted molar refractivity (Wildman–Crippen MR) is 62.6 cm³/mol. The number of nitrogens with zero attached hydrogens (tertiary/aromatic N) is 1. The van der Waals surface area contributed by atoms with E-state index in [1.807, 2.05) is 24.3 Å². The monoisotopic (exact) mass is 222 g/mol. The van der Waals surface area contributed by atoms with Gasteiger partial charge in [0.1, 0.15) is 0 Å².